The SMILES string of the molecule is N#Cc1ccc(-c2ccccc2-n2c3ccccc3c3ccc(-n4c5ccccc5c5ccccc54)cc32)c(-n2c3ccccc3c3ccc(C#N)cc32)c1. The van der Waals surface area contributed by atoms with Gasteiger partial charge in [0.05, 0.1) is 67.7 Å². The summed E-state index contributed by atoms with van der Waals surface area (Å²) in [6.45, 7) is 0. The monoisotopic (exact) mass is 699 g/mol. The lowest BCUT2D eigenvalue weighted by atomic mass is 9.99. The average molecular weight is 700 g/mol. The van der Waals surface area contributed by atoms with Crippen molar-refractivity contribution < 1.29 is 0 Å². The largest absolute Gasteiger partial charge is 0.309 e. The molecule has 0 N–H and O–H groups in total. The highest BCUT2D eigenvalue weighted by atomic mass is 15.0. The first-order chi connectivity index (χ1) is 27.2. The van der Waals surface area contributed by atoms with Crippen LogP contribution in [0.1, 0.15) is 11.1 Å². The van der Waals surface area contributed by atoms with E-state index in [2.05, 4.69) is 159 Å². The van der Waals surface area contributed by atoms with Gasteiger partial charge in [-0.05, 0) is 66.7 Å². The normalized spacial score (nSPS) is 11.6. The van der Waals surface area contributed by atoms with Crippen molar-refractivity contribution in [1.29, 1.82) is 10.5 Å². The van der Waals surface area contributed by atoms with Gasteiger partial charge in [-0.3, -0.25) is 0 Å². The molecule has 55 heavy (non-hydrogen) atoms. The van der Waals surface area contributed by atoms with Gasteiger partial charge in [-0.1, -0.05) is 109 Å². The number of hydrogen-bond acceptors (Lipinski definition) is 2. The number of nitrogens with zero attached hydrogens (tertiary/aromatic N) is 5. The van der Waals surface area contributed by atoms with Crippen molar-refractivity contribution in [3.05, 3.63) is 187 Å². The molecule has 0 bridgehead atoms. The quantitative estimate of drug-likeness (QED) is 0.184. The first-order valence-electron chi connectivity index (χ1n) is 18.3. The lowest BCUT2D eigenvalue weighted by Gasteiger charge is -2.19. The van der Waals surface area contributed by atoms with Crippen LogP contribution in [0.3, 0.4) is 0 Å². The molecule has 8 aromatic carbocycles. The van der Waals surface area contributed by atoms with E-state index in [0.29, 0.717) is 11.1 Å². The molecule has 0 aliphatic rings. The fourth-order valence-electron chi connectivity index (χ4n) is 8.77. The summed E-state index contributed by atoms with van der Waals surface area (Å²) in [5.41, 5.74) is 12.6. The second-order valence-corrected chi connectivity index (χ2v) is 14.0. The van der Waals surface area contributed by atoms with E-state index in [-0.39, 0.29) is 0 Å². The van der Waals surface area contributed by atoms with Crippen molar-refractivity contribution in [1.82, 2.24) is 13.7 Å². The van der Waals surface area contributed by atoms with Crippen molar-refractivity contribution in [2.75, 3.05) is 0 Å². The van der Waals surface area contributed by atoms with E-state index in [4.69, 9.17) is 0 Å². The van der Waals surface area contributed by atoms with Gasteiger partial charge in [0.15, 0.2) is 0 Å². The van der Waals surface area contributed by atoms with Gasteiger partial charge in [0, 0.05) is 49.1 Å². The fraction of sp³-hybridized carbons (Fsp3) is 0. The highest BCUT2D eigenvalue weighted by molar-refractivity contribution is 6.13. The third-order valence-electron chi connectivity index (χ3n) is 11.1. The number of fused-ring (bicyclic) bond motifs is 9. The van der Waals surface area contributed by atoms with Crippen molar-refractivity contribution >= 4 is 65.4 Å². The molecule has 3 aromatic heterocycles. The molecule has 0 radical (unpaired) electrons. The third-order valence-corrected chi connectivity index (χ3v) is 11.1. The summed E-state index contributed by atoms with van der Waals surface area (Å²) in [6, 6.07) is 66.0. The maximum Gasteiger partial charge on any atom is 0.0992 e. The second-order valence-electron chi connectivity index (χ2n) is 14.0. The second kappa shape index (κ2) is 11.8. The Morgan fingerprint density at radius 1 is 0.309 bits per heavy atom. The minimum atomic E-state index is 0.561. The molecule has 0 unspecified atom stereocenters. The molecule has 11 rings (SSSR count). The average Bonchev–Trinajstić information content (AvgIpc) is 3.88. The third kappa shape index (κ3) is 4.45. The molecule has 5 nitrogen and oxygen atoms in total. The van der Waals surface area contributed by atoms with Gasteiger partial charge in [-0.15, -0.1) is 0 Å². The Bertz CT molecular complexity index is 3420. The molecule has 0 saturated carbocycles. The number of para-hydroxylation sites is 5. The molecule has 0 amide bonds. The molecule has 0 atom stereocenters. The zero-order valence-corrected chi connectivity index (χ0v) is 29.5. The number of benzene rings is 8. The van der Waals surface area contributed by atoms with Crippen LogP contribution < -0.4 is 0 Å². The standard InChI is InChI=1S/C50H29N5/c51-30-32-21-24-40(48(27-32)55-47-20-10-5-14-38(47)41-25-22-33(31-52)28-49(41)55)37-13-3-8-18-45(37)54-46-19-9-4-15-39(46)42-26-23-34(29-50(42)54)53-43-16-6-1-11-35(43)36-12-2-7-17-44(36)53/h1-29H. The topological polar surface area (TPSA) is 62.4 Å². The molecule has 5 heteroatoms. The number of aromatic nitrogens is 3. The highest BCUT2D eigenvalue weighted by Gasteiger charge is 2.22. The fourth-order valence-corrected chi connectivity index (χ4v) is 8.77. The van der Waals surface area contributed by atoms with Crippen LogP contribution in [-0.4, -0.2) is 13.7 Å². The zero-order valence-electron chi connectivity index (χ0n) is 29.5. The predicted molar refractivity (Wildman–Crippen MR) is 224 cm³/mol. The summed E-state index contributed by atoms with van der Waals surface area (Å²) in [7, 11) is 0. The first-order valence-corrected chi connectivity index (χ1v) is 18.3. The van der Waals surface area contributed by atoms with Crippen molar-refractivity contribution in [2.45, 2.75) is 0 Å². The van der Waals surface area contributed by atoms with Gasteiger partial charge >= 0.3 is 0 Å². The Morgan fingerprint density at radius 2 is 0.727 bits per heavy atom. The van der Waals surface area contributed by atoms with Crippen molar-refractivity contribution in [3.8, 4) is 40.3 Å². The summed E-state index contributed by atoms with van der Waals surface area (Å²) < 4.78 is 6.97. The summed E-state index contributed by atoms with van der Waals surface area (Å²) >= 11 is 0. The van der Waals surface area contributed by atoms with Gasteiger partial charge in [0.2, 0.25) is 0 Å². The highest BCUT2D eigenvalue weighted by Crippen LogP contribution is 2.42. The molecule has 3 heterocycles. The van der Waals surface area contributed by atoms with Gasteiger partial charge in [-0.2, -0.15) is 10.5 Å². The minimum absolute atomic E-state index is 0.561. The van der Waals surface area contributed by atoms with E-state index in [0.717, 1.165) is 61.0 Å². The van der Waals surface area contributed by atoms with Crippen LogP contribution in [0, 0.1) is 22.7 Å². The Labute approximate surface area is 316 Å². The molecule has 0 aliphatic carbocycles. The van der Waals surface area contributed by atoms with E-state index in [9.17, 15) is 10.5 Å². The van der Waals surface area contributed by atoms with Gasteiger partial charge in [-0.25, -0.2) is 0 Å². The van der Waals surface area contributed by atoms with Crippen molar-refractivity contribution in [2.24, 2.45) is 0 Å². The summed E-state index contributed by atoms with van der Waals surface area (Å²) in [5, 5.41) is 27.1. The van der Waals surface area contributed by atoms with Gasteiger partial charge in [0.1, 0.15) is 0 Å². The number of rotatable bonds is 4. The molecular formula is C50H29N5. The van der Waals surface area contributed by atoms with Crippen LogP contribution in [0.2, 0.25) is 0 Å². The van der Waals surface area contributed by atoms with Crippen LogP contribution in [0.4, 0.5) is 0 Å². The Morgan fingerprint density at radius 3 is 1.33 bits per heavy atom. The van der Waals surface area contributed by atoms with E-state index in [1.54, 1.807) is 0 Å². The van der Waals surface area contributed by atoms with Gasteiger partial charge < -0.3 is 13.7 Å². The van der Waals surface area contributed by atoms with E-state index >= 15 is 0 Å². The lowest BCUT2D eigenvalue weighted by Crippen LogP contribution is -2.02. The van der Waals surface area contributed by atoms with E-state index in [1.807, 2.05) is 42.5 Å². The molecule has 0 fully saturated rings. The Kier molecular flexibility index (Phi) is 6.61. The van der Waals surface area contributed by atoms with Crippen LogP contribution in [0.5, 0.6) is 0 Å². The smallest absolute Gasteiger partial charge is 0.0992 e. The van der Waals surface area contributed by atoms with Crippen LogP contribution in [-0.2, 0) is 0 Å². The molecule has 11 aromatic rings. The van der Waals surface area contributed by atoms with E-state index in [1.165, 1.54) is 32.6 Å². The predicted octanol–water partition coefficient (Wildman–Crippen LogP) is 12.4. The Balaban J connectivity index is 1.22. The first kappa shape index (κ1) is 30.7. The van der Waals surface area contributed by atoms with Crippen LogP contribution in [0.25, 0.3) is 93.6 Å². The summed E-state index contributed by atoms with van der Waals surface area (Å²) in [5.74, 6) is 0. The number of nitriles is 2. The summed E-state index contributed by atoms with van der Waals surface area (Å²) in [6.07, 6.45) is 0. The molecule has 0 aliphatic heterocycles. The minimum Gasteiger partial charge on any atom is -0.309 e. The van der Waals surface area contributed by atoms with Crippen LogP contribution in [0.15, 0.2) is 176 Å². The van der Waals surface area contributed by atoms with Crippen LogP contribution >= 0.6 is 0 Å². The number of hydrogen-bond donors (Lipinski definition) is 0. The zero-order chi connectivity index (χ0) is 36.6. The maximum absolute atomic E-state index is 10.2. The lowest BCUT2D eigenvalue weighted by molar-refractivity contribution is 1.15. The molecule has 0 saturated heterocycles. The molecular weight excluding hydrogens is 671 g/mol. The molecule has 254 valence electrons. The van der Waals surface area contributed by atoms with Crippen molar-refractivity contribution in [3.63, 3.8) is 0 Å². The maximum atomic E-state index is 10.2. The summed E-state index contributed by atoms with van der Waals surface area (Å²) in [4.78, 5) is 0. The Hall–Kier alpha value is -7.86. The van der Waals surface area contributed by atoms with Gasteiger partial charge in [0.25, 0.3) is 0 Å². The van der Waals surface area contributed by atoms with E-state index < -0.39 is 0 Å². The molecule has 0 spiro atoms.